The highest BCUT2D eigenvalue weighted by molar-refractivity contribution is 7.13. The Labute approximate surface area is 60.3 Å². The Balaban J connectivity index is 2.88. The molecule has 0 amide bonds. The molecule has 0 N–H and O–H groups in total. The number of halogens is 2. The van der Waals surface area contributed by atoms with E-state index in [1.807, 2.05) is 0 Å². The Kier molecular flexibility index (Phi) is 2.11. The number of carbonyl (C=O) groups is 1. The van der Waals surface area contributed by atoms with E-state index in [2.05, 4.69) is 0 Å². The van der Waals surface area contributed by atoms with Crippen LogP contribution in [0.15, 0.2) is 12.1 Å². The van der Waals surface area contributed by atoms with Gasteiger partial charge in [0.15, 0.2) is 6.29 Å². The maximum Gasteiger partial charge on any atom is 0.272 e. The number of rotatable bonds is 2. The third-order valence-electron chi connectivity index (χ3n) is 0.979. The molecule has 0 bridgehead atoms. The van der Waals surface area contributed by atoms with E-state index >= 15 is 0 Å². The van der Waals surface area contributed by atoms with E-state index < -0.39 is 6.43 Å². The van der Waals surface area contributed by atoms with Gasteiger partial charge in [-0.15, -0.1) is 11.3 Å². The molecule has 54 valence electrons. The zero-order valence-electron chi connectivity index (χ0n) is 4.88. The third kappa shape index (κ3) is 1.39. The minimum Gasteiger partial charge on any atom is -0.297 e. The Bertz CT molecular complexity index is 231. The van der Waals surface area contributed by atoms with Crippen LogP contribution in [0.25, 0.3) is 0 Å². The van der Waals surface area contributed by atoms with Gasteiger partial charge in [-0.1, -0.05) is 0 Å². The van der Waals surface area contributed by atoms with Gasteiger partial charge in [-0.25, -0.2) is 8.78 Å². The Hall–Kier alpha value is -0.770. The van der Waals surface area contributed by atoms with Crippen molar-refractivity contribution in [2.24, 2.45) is 0 Å². The van der Waals surface area contributed by atoms with Crippen molar-refractivity contribution in [3.05, 3.63) is 21.9 Å². The van der Waals surface area contributed by atoms with Crippen LogP contribution in [0.5, 0.6) is 0 Å². The van der Waals surface area contributed by atoms with E-state index in [-0.39, 0.29) is 4.88 Å². The maximum absolute atomic E-state index is 11.8. The van der Waals surface area contributed by atoms with E-state index in [4.69, 9.17) is 0 Å². The van der Waals surface area contributed by atoms with E-state index in [9.17, 15) is 13.6 Å². The summed E-state index contributed by atoms with van der Waals surface area (Å²) in [5.41, 5.74) is 0. The van der Waals surface area contributed by atoms with Gasteiger partial charge >= 0.3 is 0 Å². The van der Waals surface area contributed by atoms with Crippen LogP contribution < -0.4 is 0 Å². The van der Waals surface area contributed by atoms with Gasteiger partial charge in [-0.3, -0.25) is 4.79 Å². The molecule has 0 radical (unpaired) electrons. The number of hydrogen-bond acceptors (Lipinski definition) is 2. The van der Waals surface area contributed by atoms with Gasteiger partial charge < -0.3 is 0 Å². The molecule has 0 unspecified atom stereocenters. The fourth-order valence-electron chi connectivity index (χ4n) is 0.549. The van der Waals surface area contributed by atoms with Gasteiger partial charge in [-0.05, 0) is 12.1 Å². The van der Waals surface area contributed by atoms with E-state index in [0.717, 1.165) is 11.3 Å². The molecule has 0 saturated carbocycles. The first-order chi connectivity index (χ1) is 4.74. The molecule has 0 fully saturated rings. The third-order valence-corrected chi connectivity index (χ3v) is 2.00. The predicted molar refractivity (Wildman–Crippen MR) is 34.7 cm³/mol. The molecule has 4 heteroatoms. The summed E-state index contributed by atoms with van der Waals surface area (Å²) in [6.45, 7) is 0. The highest BCUT2D eigenvalue weighted by Crippen LogP contribution is 2.25. The molecule has 0 spiro atoms. The van der Waals surface area contributed by atoms with Crippen LogP contribution in [0.2, 0.25) is 0 Å². The average molecular weight is 162 g/mol. The smallest absolute Gasteiger partial charge is 0.272 e. The van der Waals surface area contributed by atoms with Gasteiger partial charge in [0.05, 0.1) is 9.75 Å². The van der Waals surface area contributed by atoms with Gasteiger partial charge in [0, 0.05) is 0 Å². The first-order valence-corrected chi connectivity index (χ1v) is 3.38. The lowest BCUT2D eigenvalue weighted by atomic mass is 10.4. The summed E-state index contributed by atoms with van der Waals surface area (Å²) in [6.07, 6.45) is -1.89. The SMILES string of the molecule is O=Cc1ccc(C(F)F)s1. The summed E-state index contributed by atoms with van der Waals surface area (Å²) >= 11 is 0.823. The predicted octanol–water partition coefficient (Wildman–Crippen LogP) is 2.50. The lowest BCUT2D eigenvalue weighted by Gasteiger charge is -1.88. The van der Waals surface area contributed by atoms with Crippen LogP contribution in [0.3, 0.4) is 0 Å². The summed E-state index contributed by atoms with van der Waals surface area (Å²) in [4.78, 5) is 10.3. The summed E-state index contributed by atoms with van der Waals surface area (Å²) in [5.74, 6) is 0. The van der Waals surface area contributed by atoms with Crippen LogP contribution in [-0.4, -0.2) is 6.29 Å². The number of alkyl halides is 2. The first-order valence-electron chi connectivity index (χ1n) is 2.57. The van der Waals surface area contributed by atoms with Crippen molar-refractivity contribution in [2.75, 3.05) is 0 Å². The fourth-order valence-corrected chi connectivity index (χ4v) is 1.23. The van der Waals surface area contributed by atoms with Crippen molar-refractivity contribution >= 4 is 17.6 Å². The average Bonchev–Trinajstić information content (AvgIpc) is 2.34. The van der Waals surface area contributed by atoms with Crippen LogP contribution in [-0.2, 0) is 0 Å². The molecule has 0 saturated heterocycles. The second kappa shape index (κ2) is 2.88. The minimum absolute atomic E-state index is 0.0536. The van der Waals surface area contributed by atoms with Gasteiger partial charge in [0.25, 0.3) is 6.43 Å². The first kappa shape index (κ1) is 7.34. The summed E-state index contributed by atoms with van der Waals surface area (Å²) in [7, 11) is 0. The van der Waals surface area contributed by atoms with Gasteiger partial charge in [0.2, 0.25) is 0 Å². The maximum atomic E-state index is 11.8. The van der Waals surface area contributed by atoms with Crippen molar-refractivity contribution in [1.82, 2.24) is 0 Å². The lowest BCUT2D eigenvalue weighted by Crippen LogP contribution is -1.72. The van der Waals surface area contributed by atoms with Crippen LogP contribution in [0.4, 0.5) is 8.78 Å². The second-order valence-corrected chi connectivity index (χ2v) is 2.81. The quantitative estimate of drug-likeness (QED) is 0.610. The van der Waals surface area contributed by atoms with E-state index in [1.54, 1.807) is 0 Å². The van der Waals surface area contributed by atoms with E-state index in [1.165, 1.54) is 12.1 Å². The zero-order valence-corrected chi connectivity index (χ0v) is 5.70. The zero-order chi connectivity index (χ0) is 7.56. The van der Waals surface area contributed by atoms with Crippen molar-refractivity contribution in [1.29, 1.82) is 0 Å². The fraction of sp³-hybridized carbons (Fsp3) is 0.167. The molecule has 0 aliphatic rings. The van der Waals surface area contributed by atoms with Crippen molar-refractivity contribution in [3.63, 3.8) is 0 Å². The van der Waals surface area contributed by atoms with Crippen LogP contribution in [0, 0.1) is 0 Å². The molecule has 10 heavy (non-hydrogen) atoms. The molecular weight excluding hydrogens is 158 g/mol. The molecular formula is C6H4F2OS. The molecule has 0 atom stereocenters. The van der Waals surface area contributed by atoms with Gasteiger partial charge in [0.1, 0.15) is 0 Å². The van der Waals surface area contributed by atoms with Crippen LogP contribution >= 0.6 is 11.3 Å². The van der Waals surface area contributed by atoms with Crippen LogP contribution in [0.1, 0.15) is 21.0 Å². The number of thiophene rings is 1. The summed E-state index contributed by atoms with van der Waals surface area (Å²) in [5, 5.41) is 0. The van der Waals surface area contributed by atoms with E-state index in [0.29, 0.717) is 11.2 Å². The highest BCUT2D eigenvalue weighted by Gasteiger charge is 2.08. The van der Waals surface area contributed by atoms with Crippen molar-refractivity contribution < 1.29 is 13.6 Å². The standard InChI is InChI=1S/C6H4F2OS/c7-6(8)5-2-1-4(3-9)10-5/h1-3,6H. The molecule has 1 rings (SSSR count). The highest BCUT2D eigenvalue weighted by atomic mass is 32.1. The number of hydrogen-bond donors (Lipinski definition) is 0. The normalized spacial score (nSPS) is 10.3. The number of carbonyl (C=O) groups excluding carboxylic acids is 1. The minimum atomic E-state index is -2.46. The molecule has 0 aromatic carbocycles. The van der Waals surface area contributed by atoms with Crippen molar-refractivity contribution in [2.45, 2.75) is 6.43 Å². The monoisotopic (exact) mass is 162 g/mol. The number of aldehydes is 1. The molecule has 1 aromatic rings. The largest absolute Gasteiger partial charge is 0.297 e. The summed E-state index contributed by atoms with van der Waals surface area (Å²) in [6, 6.07) is 2.65. The summed E-state index contributed by atoms with van der Waals surface area (Å²) < 4.78 is 23.6. The Morgan fingerprint density at radius 1 is 1.50 bits per heavy atom. The lowest BCUT2D eigenvalue weighted by molar-refractivity contribution is 0.112. The molecule has 1 aromatic heterocycles. The molecule has 0 aliphatic heterocycles. The Morgan fingerprint density at radius 3 is 2.50 bits per heavy atom. The Morgan fingerprint density at radius 2 is 2.20 bits per heavy atom. The molecule has 1 heterocycles. The topological polar surface area (TPSA) is 17.1 Å². The molecule has 0 aliphatic carbocycles. The van der Waals surface area contributed by atoms with Crippen molar-refractivity contribution in [3.8, 4) is 0 Å². The second-order valence-electron chi connectivity index (χ2n) is 1.66. The molecule has 1 nitrogen and oxygen atoms in total. The van der Waals surface area contributed by atoms with Gasteiger partial charge in [-0.2, -0.15) is 0 Å².